The number of pyridine rings is 1. The maximum atomic E-state index is 12.8. The topological polar surface area (TPSA) is 71.4 Å². The molecule has 1 aliphatic rings. The molecule has 1 heterocycles. The van der Waals surface area contributed by atoms with E-state index in [4.69, 9.17) is 11.6 Å². The molecular weight excluding hydrogens is 486 g/mol. The van der Waals surface area contributed by atoms with E-state index in [-0.39, 0.29) is 4.90 Å². The number of hydrogen-bond donors (Lipinski definition) is 1. The van der Waals surface area contributed by atoms with Crippen LogP contribution >= 0.6 is 27.5 Å². The largest absolute Gasteiger partial charge is 0.276 e. The third-order valence-electron chi connectivity index (χ3n) is 5.17. The van der Waals surface area contributed by atoms with E-state index in [1.54, 1.807) is 24.3 Å². The summed E-state index contributed by atoms with van der Waals surface area (Å²) in [6.07, 6.45) is 1.68. The highest BCUT2D eigenvalue weighted by Gasteiger charge is 2.50. The monoisotopic (exact) mass is 503 g/mol. The molecule has 2 aromatic carbocycles. The molecule has 0 bridgehead atoms. The Kier molecular flexibility index (Phi) is 5.70. The highest BCUT2D eigenvalue weighted by molar-refractivity contribution is 9.10. The zero-order chi connectivity index (χ0) is 21.4. The van der Waals surface area contributed by atoms with Gasteiger partial charge in [-0.15, -0.1) is 0 Å². The first-order valence-electron chi connectivity index (χ1n) is 9.36. The zero-order valence-electron chi connectivity index (χ0n) is 16.1. The van der Waals surface area contributed by atoms with Crippen molar-refractivity contribution >= 4 is 43.3 Å². The molecule has 1 fully saturated rings. The molecule has 8 heteroatoms. The summed E-state index contributed by atoms with van der Waals surface area (Å²) >= 11 is 9.45. The minimum Gasteiger partial charge on any atom is -0.240 e. The lowest BCUT2D eigenvalue weighted by Gasteiger charge is -2.19. The number of hydrogen-bond acceptors (Lipinski definition) is 4. The Balaban J connectivity index is 1.76. The molecular formula is C22H19BrClN3O2S. The van der Waals surface area contributed by atoms with E-state index in [1.165, 1.54) is 0 Å². The summed E-state index contributed by atoms with van der Waals surface area (Å²) in [6.45, 7) is 1.90. The van der Waals surface area contributed by atoms with Crippen molar-refractivity contribution in [1.29, 1.82) is 0 Å². The molecule has 3 aromatic rings. The summed E-state index contributed by atoms with van der Waals surface area (Å²) < 4.78 is 26.3. The van der Waals surface area contributed by atoms with Crippen LogP contribution in [0.5, 0.6) is 0 Å². The Hall–Kier alpha value is -2.22. The predicted octanol–water partition coefficient (Wildman–Crippen LogP) is 5.22. The first-order chi connectivity index (χ1) is 14.3. The van der Waals surface area contributed by atoms with Crippen molar-refractivity contribution < 1.29 is 8.42 Å². The first-order valence-corrected chi connectivity index (χ1v) is 12.0. The summed E-state index contributed by atoms with van der Waals surface area (Å²) in [7, 11) is -3.81. The van der Waals surface area contributed by atoms with Gasteiger partial charge in [0.1, 0.15) is 4.60 Å². The third-order valence-corrected chi connectivity index (χ3v) is 7.08. The molecule has 0 amide bonds. The maximum absolute atomic E-state index is 12.8. The number of benzene rings is 2. The minimum atomic E-state index is -3.81. The lowest BCUT2D eigenvalue weighted by Crippen LogP contribution is -2.28. The number of aryl methyl sites for hydroxylation is 1. The van der Waals surface area contributed by atoms with E-state index in [0.29, 0.717) is 21.0 Å². The zero-order valence-corrected chi connectivity index (χ0v) is 19.3. The number of nitrogens with zero attached hydrogens (tertiary/aromatic N) is 2. The van der Waals surface area contributed by atoms with E-state index in [1.807, 2.05) is 49.4 Å². The molecule has 0 radical (unpaired) electrons. The van der Waals surface area contributed by atoms with Crippen LogP contribution in [-0.4, -0.2) is 19.1 Å². The number of rotatable bonds is 6. The Morgan fingerprint density at radius 2 is 1.73 bits per heavy atom. The van der Waals surface area contributed by atoms with Crippen LogP contribution in [-0.2, 0) is 15.4 Å². The van der Waals surface area contributed by atoms with E-state index in [9.17, 15) is 8.42 Å². The third kappa shape index (κ3) is 4.29. The molecule has 0 saturated heterocycles. The molecule has 4 rings (SSSR count). The highest BCUT2D eigenvalue weighted by atomic mass is 79.9. The molecule has 0 atom stereocenters. The summed E-state index contributed by atoms with van der Waals surface area (Å²) in [5.74, 6) is 0. The van der Waals surface area contributed by atoms with E-state index >= 15 is 0 Å². The molecule has 0 unspecified atom stereocenters. The van der Waals surface area contributed by atoms with Crippen molar-refractivity contribution in [2.24, 2.45) is 5.10 Å². The van der Waals surface area contributed by atoms with E-state index in [0.717, 1.165) is 24.0 Å². The molecule has 154 valence electrons. The van der Waals surface area contributed by atoms with Gasteiger partial charge in [-0.3, -0.25) is 0 Å². The fourth-order valence-corrected chi connectivity index (χ4v) is 4.66. The van der Waals surface area contributed by atoms with Gasteiger partial charge in [-0.2, -0.15) is 18.4 Å². The Bertz CT molecular complexity index is 1210. The summed E-state index contributed by atoms with van der Waals surface area (Å²) in [5.41, 5.74) is 2.80. The molecule has 30 heavy (non-hydrogen) atoms. The first kappa shape index (κ1) is 21.0. The summed E-state index contributed by atoms with van der Waals surface area (Å²) in [4.78, 5) is 7.11. The average molecular weight is 505 g/mol. The number of aromatic nitrogens is 1. The van der Waals surface area contributed by atoms with Crippen molar-refractivity contribution in [3.05, 3.63) is 93.2 Å². The Morgan fingerprint density at radius 3 is 2.33 bits per heavy atom. The molecule has 0 aliphatic heterocycles. The van der Waals surface area contributed by atoms with Gasteiger partial charge in [0.25, 0.3) is 10.0 Å². The van der Waals surface area contributed by atoms with Crippen LogP contribution in [0.15, 0.2) is 81.3 Å². The number of sulfonamides is 1. The lowest BCUT2D eigenvalue weighted by molar-refractivity contribution is 0.584. The van der Waals surface area contributed by atoms with E-state index in [2.05, 4.69) is 30.8 Å². The van der Waals surface area contributed by atoms with Gasteiger partial charge in [0.15, 0.2) is 0 Å². The quantitative estimate of drug-likeness (QED) is 0.284. The highest BCUT2D eigenvalue weighted by Crippen LogP contribution is 2.51. The van der Waals surface area contributed by atoms with Crippen molar-refractivity contribution in [2.45, 2.75) is 30.1 Å². The van der Waals surface area contributed by atoms with Crippen LogP contribution in [0.1, 0.15) is 29.7 Å². The predicted molar refractivity (Wildman–Crippen MR) is 122 cm³/mol. The molecule has 5 nitrogen and oxygen atoms in total. The van der Waals surface area contributed by atoms with Crippen LogP contribution in [0.2, 0.25) is 5.02 Å². The number of halogens is 2. The van der Waals surface area contributed by atoms with Gasteiger partial charge < -0.3 is 0 Å². The molecule has 0 spiro atoms. The normalized spacial score (nSPS) is 15.6. The lowest BCUT2D eigenvalue weighted by atomic mass is 9.88. The minimum absolute atomic E-state index is 0.162. The summed E-state index contributed by atoms with van der Waals surface area (Å²) in [6, 6.07) is 19.7. The van der Waals surface area contributed by atoms with Gasteiger partial charge in [-0.25, -0.2) is 4.98 Å². The average Bonchev–Trinajstić information content (AvgIpc) is 3.51. The van der Waals surface area contributed by atoms with Gasteiger partial charge in [0, 0.05) is 10.4 Å². The van der Waals surface area contributed by atoms with Gasteiger partial charge in [-0.05, 0) is 77.7 Å². The SMILES string of the molecule is Cc1ccc(S(=O)(=O)N/N=C(/c2cccc(Br)n2)C2(c3ccc(Cl)cc3)CC2)cc1. The second kappa shape index (κ2) is 8.13. The Morgan fingerprint density at radius 1 is 1.07 bits per heavy atom. The summed E-state index contributed by atoms with van der Waals surface area (Å²) in [5, 5.41) is 5.05. The van der Waals surface area contributed by atoms with Gasteiger partial charge in [0.2, 0.25) is 0 Å². The second-order valence-electron chi connectivity index (χ2n) is 7.30. The van der Waals surface area contributed by atoms with Crippen molar-refractivity contribution in [1.82, 2.24) is 9.82 Å². The fraction of sp³-hybridized carbons (Fsp3) is 0.182. The smallest absolute Gasteiger partial charge is 0.240 e. The van der Waals surface area contributed by atoms with Crippen LogP contribution in [0, 0.1) is 6.92 Å². The number of hydrazone groups is 1. The van der Waals surface area contributed by atoms with Crippen molar-refractivity contribution in [2.75, 3.05) is 0 Å². The van der Waals surface area contributed by atoms with Crippen molar-refractivity contribution in [3.63, 3.8) is 0 Å². The molecule has 1 aliphatic carbocycles. The number of nitrogens with one attached hydrogen (secondary N) is 1. The van der Waals surface area contributed by atoms with Crippen LogP contribution in [0.4, 0.5) is 0 Å². The standard InChI is InChI=1S/C22H19BrClN3O2S/c1-15-5-11-18(12-6-15)30(28,29)27-26-21(19-3-2-4-20(23)25-19)22(13-14-22)16-7-9-17(24)10-8-16/h2-12,27H,13-14H2,1H3/b26-21-. The van der Waals surface area contributed by atoms with Crippen LogP contribution in [0.3, 0.4) is 0 Å². The second-order valence-corrected chi connectivity index (χ2v) is 10.2. The van der Waals surface area contributed by atoms with Crippen molar-refractivity contribution in [3.8, 4) is 0 Å². The van der Waals surface area contributed by atoms with Gasteiger partial charge in [-0.1, -0.05) is 47.5 Å². The Labute approximate surface area is 189 Å². The van der Waals surface area contributed by atoms with E-state index < -0.39 is 15.4 Å². The molecule has 1 aromatic heterocycles. The molecule has 1 N–H and O–H groups in total. The maximum Gasteiger partial charge on any atom is 0.276 e. The van der Waals surface area contributed by atoms with Gasteiger partial charge >= 0.3 is 0 Å². The van der Waals surface area contributed by atoms with Gasteiger partial charge in [0.05, 0.1) is 16.3 Å². The molecule has 1 saturated carbocycles. The fourth-order valence-electron chi connectivity index (χ4n) is 3.38. The van der Waals surface area contributed by atoms with Crippen LogP contribution in [0.25, 0.3) is 0 Å². The van der Waals surface area contributed by atoms with Crippen LogP contribution < -0.4 is 4.83 Å².